The largest absolute Gasteiger partial charge is 0.421 e. The van der Waals surface area contributed by atoms with Crippen LogP contribution in [0.1, 0.15) is 35.5 Å². The van der Waals surface area contributed by atoms with E-state index in [2.05, 4.69) is 31.7 Å². The predicted octanol–water partition coefficient (Wildman–Crippen LogP) is 2.74. The highest BCUT2D eigenvalue weighted by Crippen LogP contribution is 2.36. The minimum absolute atomic E-state index is 0.143. The lowest BCUT2D eigenvalue weighted by Crippen LogP contribution is -2.28. The molecule has 0 radical (unpaired) electrons. The first-order valence-electron chi connectivity index (χ1n) is 7.68. The normalized spacial score (nSPS) is 14.2. The summed E-state index contributed by atoms with van der Waals surface area (Å²) in [6.45, 7) is 2.23. The Balaban J connectivity index is 1.51. The first kappa shape index (κ1) is 15.9. The van der Waals surface area contributed by atoms with Crippen LogP contribution in [-0.4, -0.2) is 28.3 Å². The average molecular weight is 323 g/mol. The Hall–Kier alpha value is -3.01. The molecule has 2 heterocycles. The molecule has 1 aliphatic rings. The lowest BCUT2D eigenvalue weighted by Gasteiger charge is -2.10. The Morgan fingerprint density at radius 3 is 2.58 bits per heavy atom. The van der Waals surface area contributed by atoms with E-state index in [1.54, 1.807) is 31.2 Å². The van der Waals surface area contributed by atoms with Crippen LogP contribution >= 0.6 is 0 Å². The maximum atomic E-state index is 12.2. The van der Waals surface area contributed by atoms with Crippen LogP contribution in [0.5, 0.6) is 0 Å². The maximum absolute atomic E-state index is 12.2. The molecule has 1 aromatic carbocycles. The Morgan fingerprint density at radius 1 is 1.25 bits per heavy atom. The van der Waals surface area contributed by atoms with Gasteiger partial charge in [-0.15, -0.1) is 22.5 Å². The number of benzene rings is 1. The molecule has 24 heavy (non-hydrogen) atoms. The van der Waals surface area contributed by atoms with Gasteiger partial charge >= 0.3 is 0 Å². The van der Waals surface area contributed by atoms with Crippen molar-refractivity contribution in [3.05, 3.63) is 35.7 Å². The Morgan fingerprint density at radius 2 is 2.00 bits per heavy atom. The van der Waals surface area contributed by atoms with Crippen molar-refractivity contribution in [3.63, 3.8) is 0 Å². The van der Waals surface area contributed by atoms with Crippen molar-refractivity contribution < 1.29 is 9.21 Å². The van der Waals surface area contributed by atoms with E-state index in [4.69, 9.17) is 10.8 Å². The van der Waals surface area contributed by atoms with E-state index in [0.717, 1.165) is 12.0 Å². The third-order valence-electron chi connectivity index (χ3n) is 3.78. The number of nitrogens with one attached hydrogen (secondary N) is 1. The van der Waals surface area contributed by atoms with Crippen LogP contribution in [0.3, 0.4) is 0 Å². The molecule has 7 nitrogen and oxygen atoms in total. The van der Waals surface area contributed by atoms with E-state index in [9.17, 15) is 4.79 Å². The highest BCUT2D eigenvalue weighted by Gasteiger charge is 2.38. The number of carbonyl (C=O) groups excluding carboxylic acids is 1. The molecule has 0 aliphatic carbocycles. The molecule has 0 bridgehead atoms. The summed E-state index contributed by atoms with van der Waals surface area (Å²) >= 11 is 0. The molecule has 1 aromatic heterocycles. The van der Waals surface area contributed by atoms with E-state index < -0.39 is 0 Å². The summed E-state index contributed by atoms with van der Waals surface area (Å²) in [5.74, 6) is 3.38. The molecule has 1 N–H and O–H groups in total. The number of hydrogen-bond acceptors (Lipinski definition) is 6. The van der Waals surface area contributed by atoms with Gasteiger partial charge in [0, 0.05) is 43.9 Å². The molecule has 1 amide bonds. The summed E-state index contributed by atoms with van der Waals surface area (Å²) in [6.07, 6.45) is 7.29. The van der Waals surface area contributed by atoms with Gasteiger partial charge in [-0.3, -0.25) is 4.79 Å². The Labute approximate surface area is 139 Å². The van der Waals surface area contributed by atoms with Gasteiger partial charge in [0.2, 0.25) is 11.8 Å². The molecule has 1 aliphatic heterocycles. The Kier molecular flexibility index (Phi) is 4.38. The number of hydrogen-bond donors (Lipinski definition) is 1. The second-order valence-electron chi connectivity index (χ2n) is 5.60. The zero-order valence-corrected chi connectivity index (χ0v) is 13.3. The van der Waals surface area contributed by atoms with Crippen LogP contribution in [0.25, 0.3) is 11.5 Å². The van der Waals surface area contributed by atoms with Crippen LogP contribution in [0, 0.1) is 19.3 Å². The third-order valence-corrected chi connectivity index (χ3v) is 3.78. The number of aryl methyl sites for hydroxylation is 1. The lowest BCUT2D eigenvalue weighted by atomic mass is 10.0. The van der Waals surface area contributed by atoms with Crippen molar-refractivity contribution in [3.8, 4) is 23.8 Å². The van der Waals surface area contributed by atoms with Gasteiger partial charge in [-0.1, -0.05) is 0 Å². The Bertz CT molecular complexity index is 795. The smallest absolute Gasteiger partial charge is 0.251 e. The van der Waals surface area contributed by atoms with Gasteiger partial charge in [0.05, 0.1) is 0 Å². The fourth-order valence-electron chi connectivity index (χ4n) is 2.32. The molecule has 3 rings (SSSR count). The molecule has 122 valence electrons. The molecule has 0 fully saturated rings. The van der Waals surface area contributed by atoms with Gasteiger partial charge in [-0.25, -0.2) is 0 Å². The first-order chi connectivity index (χ1) is 11.6. The van der Waals surface area contributed by atoms with Crippen molar-refractivity contribution in [2.24, 2.45) is 10.2 Å². The molecular weight excluding hydrogens is 306 g/mol. The molecule has 0 atom stereocenters. The summed E-state index contributed by atoms with van der Waals surface area (Å²) in [7, 11) is 0. The third kappa shape index (κ3) is 3.66. The maximum Gasteiger partial charge on any atom is 0.251 e. The first-order valence-corrected chi connectivity index (χ1v) is 7.68. The highest BCUT2D eigenvalue weighted by molar-refractivity contribution is 5.94. The molecule has 2 aromatic rings. The number of nitrogens with zero attached hydrogens (tertiary/aromatic N) is 4. The monoisotopic (exact) mass is 323 g/mol. The zero-order valence-electron chi connectivity index (χ0n) is 13.3. The summed E-state index contributed by atoms with van der Waals surface area (Å²) in [4.78, 5) is 12.2. The van der Waals surface area contributed by atoms with Crippen molar-refractivity contribution in [1.82, 2.24) is 15.5 Å². The van der Waals surface area contributed by atoms with Gasteiger partial charge in [0.15, 0.2) is 5.66 Å². The van der Waals surface area contributed by atoms with Crippen LogP contribution in [0.15, 0.2) is 38.9 Å². The van der Waals surface area contributed by atoms with Crippen molar-refractivity contribution in [2.45, 2.75) is 31.8 Å². The lowest BCUT2D eigenvalue weighted by molar-refractivity contribution is 0.0952. The average Bonchev–Trinajstić information content (AvgIpc) is 3.23. The number of terminal acetylenes is 1. The second kappa shape index (κ2) is 6.62. The molecule has 0 saturated heterocycles. The van der Waals surface area contributed by atoms with Crippen molar-refractivity contribution in [2.75, 3.05) is 6.54 Å². The van der Waals surface area contributed by atoms with E-state index in [0.29, 0.717) is 36.7 Å². The highest BCUT2D eigenvalue weighted by atomic mass is 16.4. The number of aromatic nitrogens is 2. The van der Waals surface area contributed by atoms with Crippen LogP contribution in [0.2, 0.25) is 0 Å². The van der Waals surface area contributed by atoms with Gasteiger partial charge in [0.25, 0.3) is 5.91 Å². The standard InChI is InChI=1S/C17H17N5O2/c1-3-4-9-17(21-22-17)10-11-18-15(23)13-5-7-14(8-6-13)16-20-19-12(2)24-16/h1,5-8H,4,9-11H2,2H3,(H,18,23). The summed E-state index contributed by atoms with van der Waals surface area (Å²) in [6, 6.07) is 7.01. The fourth-order valence-corrected chi connectivity index (χ4v) is 2.32. The van der Waals surface area contributed by atoms with Gasteiger partial charge < -0.3 is 9.73 Å². The van der Waals surface area contributed by atoms with E-state index in [1.807, 2.05) is 0 Å². The number of amides is 1. The molecule has 0 unspecified atom stereocenters. The molecule has 7 heteroatoms. The molecule has 0 saturated carbocycles. The molecule has 0 spiro atoms. The van der Waals surface area contributed by atoms with E-state index >= 15 is 0 Å². The van der Waals surface area contributed by atoms with Gasteiger partial charge in [-0.05, 0) is 24.3 Å². The van der Waals surface area contributed by atoms with Crippen molar-refractivity contribution in [1.29, 1.82) is 0 Å². The number of carbonyl (C=O) groups is 1. The van der Waals surface area contributed by atoms with Crippen LogP contribution in [-0.2, 0) is 0 Å². The SMILES string of the molecule is C#CCCC1(CCNC(=O)c2ccc(-c3nnc(C)o3)cc2)N=N1. The van der Waals surface area contributed by atoms with E-state index in [-0.39, 0.29) is 11.6 Å². The summed E-state index contributed by atoms with van der Waals surface area (Å²) in [5.41, 5.74) is 0.965. The predicted molar refractivity (Wildman–Crippen MR) is 87.1 cm³/mol. The van der Waals surface area contributed by atoms with Gasteiger partial charge in [-0.2, -0.15) is 10.2 Å². The molecular formula is C17H17N5O2. The summed E-state index contributed by atoms with van der Waals surface area (Å²) < 4.78 is 5.35. The van der Waals surface area contributed by atoms with Crippen LogP contribution in [0.4, 0.5) is 0 Å². The van der Waals surface area contributed by atoms with Gasteiger partial charge in [0.1, 0.15) is 0 Å². The number of rotatable bonds is 7. The van der Waals surface area contributed by atoms with E-state index in [1.165, 1.54) is 0 Å². The minimum Gasteiger partial charge on any atom is -0.421 e. The van der Waals surface area contributed by atoms with Crippen LogP contribution < -0.4 is 5.32 Å². The zero-order chi connectivity index (χ0) is 17.0. The quantitative estimate of drug-likeness (QED) is 0.793. The van der Waals surface area contributed by atoms with Crippen molar-refractivity contribution >= 4 is 5.91 Å². The minimum atomic E-state index is -0.376. The fraction of sp³-hybridized carbons (Fsp3) is 0.353. The second-order valence-corrected chi connectivity index (χ2v) is 5.60. The topological polar surface area (TPSA) is 92.7 Å². The summed E-state index contributed by atoms with van der Waals surface area (Å²) in [5, 5.41) is 18.7.